The smallest absolute Gasteiger partial charge is 0.251 e. The lowest BCUT2D eigenvalue weighted by atomic mass is 10.00. The molecule has 2 aromatic rings. The predicted molar refractivity (Wildman–Crippen MR) is 141 cm³/mol. The Labute approximate surface area is 204 Å². The fourth-order valence-electron chi connectivity index (χ4n) is 4.14. The quantitative estimate of drug-likeness (QED) is 0.284. The van der Waals surface area contributed by atoms with Crippen molar-refractivity contribution in [2.45, 2.75) is 45.3 Å². The molecule has 1 fully saturated rings. The summed E-state index contributed by atoms with van der Waals surface area (Å²) in [5.74, 6) is 0.0152. The van der Waals surface area contributed by atoms with Gasteiger partial charge in [0.2, 0.25) is 0 Å². The molecule has 0 aliphatic carbocycles. The third-order valence-electron chi connectivity index (χ3n) is 5.91. The predicted octanol–water partition coefficient (Wildman–Crippen LogP) is 3.70. The van der Waals surface area contributed by atoms with E-state index in [0.29, 0.717) is 43.1 Å². The van der Waals surface area contributed by atoms with Crippen molar-refractivity contribution in [2.75, 3.05) is 41.6 Å². The van der Waals surface area contributed by atoms with Crippen LogP contribution in [0.1, 0.15) is 42.6 Å². The summed E-state index contributed by atoms with van der Waals surface area (Å²) in [6.07, 6.45) is 1.35. The number of rotatable bonds is 11. The van der Waals surface area contributed by atoms with E-state index >= 15 is 0 Å². The van der Waals surface area contributed by atoms with Crippen LogP contribution < -0.4 is 20.3 Å². The number of anilines is 2. The summed E-state index contributed by atoms with van der Waals surface area (Å²) >= 11 is 0. The van der Waals surface area contributed by atoms with Gasteiger partial charge in [0.05, 0.1) is 23.6 Å². The van der Waals surface area contributed by atoms with Crippen molar-refractivity contribution in [3.05, 3.63) is 59.7 Å². The molecule has 0 radical (unpaired) electrons. The Morgan fingerprint density at radius 1 is 1.09 bits per heavy atom. The van der Waals surface area contributed by atoms with Gasteiger partial charge < -0.3 is 21.1 Å². The molecule has 2 atom stereocenters. The van der Waals surface area contributed by atoms with Crippen LogP contribution in [0.5, 0.6) is 0 Å². The van der Waals surface area contributed by atoms with Gasteiger partial charge in [-0.2, -0.15) is 0 Å². The second-order valence-corrected chi connectivity index (χ2v) is 10.7. The van der Waals surface area contributed by atoms with Gasteiger partial charge in [-0.25, -0.2) is 0 Å². The molecule has 1 amide bonds. The number of nitrogens with one attached hydrogen (secondary N) is 3. The van der Waals surface area contributed by atoms with Crippen LogP contribution in [0.25, 0.3) is 0 Å². The second-order valence-electron chi connectivity index (χ2n) is 8.59. The van der Waals surface area contributed by atoms with E-state index in [1.807, 2.05) is 50.2 Å². The zero-order chi connectivity index (χ0) is 24.6. The minimum Gasteiger partial charge on any atom is -0.390 e. The SMILES string of the molecule is CCNC[C@H](O)[C@H](Cc1ccccc1)NC(=O)c1cc(NCC)cc(N2CCCCS2(O)O)c1. The molecule has 0 aromatic heterocycles. The maximum absolute atomic E-state index is 13.4. The van der Waals surface area contributed by atoms with E-state index in [2.05, 4.69) is 16.0 Å². The van der Waals surface area contributed by atoms with Gasteiger partial charge in [0, 0.05) is 30.9 Å². The molecule has 8 nitrogen and oxygen atoms in total. The normalized spacial score (nSPS) is 18.1. The lowest BCUT2D eigenvalue weighted by Gasteiger charge is -2.47. The number of benzene rings is 2. The van der Waals surface area contributed by atoms with Crippen molar-refractivity contribution < 1.29 is 19.0 Å². The fourth-order valence-corrected chi connectivity index (χ4v) is 5.81. The number of amides is 1. The molecular formula is C25H38N4O4S. The first-order valence-electron chi connectivity index (χ1n) is 12.0. The van der Waals surface area contributed by atoms with Gasteiger partial charge in [-0.15, -0.1) is 10.8 Å². The first kappa shape index (κ1) is 26.3. The van der Waals surface area contributed by atoms with Gasteiger partial charge in [0.25, 0.3) is 5.91 Å². The van der Waals surface area contributed by atoms with Crippen LogP contribution in [0.3, 0.4) is 0 Å². The van der Waals surface area contributed by atoms with Gasteiger partial charge >= 0.3 is 0 Å². The Morgan fingerprint density at radius 3 is 2.53 bits per heavy atom. The fraction of sp³-hybridized carbons (Fsp3) is 0.480. The molecule has 2 aromatic carbocycles. The Kier molecular flexibility index (Phi) is 9.61. The van der Waals surface area contributed by atoms with Crippen LogP contribution in [-0.2, 0) is 6.42 Å². The van der Waals surface area contributed by atoms with Crippen molar-refractivity contribution in [3.8, 4) is 0 Å². The molecule has 188 valence electrons. The Hall–Kier alpha value is -2.30. The van der Waals surface area contributed by atoms with Gasteiger partial charge in [-0.05, 0) is 56.5 Å². The molecule has 0 saturated carbocycles. The Balaban J connectivity index is 1.86. The monoisotopic (exact) mass is 490 g/mol. The number of hydrogen-bond acceptors (Lipinski definition) is 7. The van der Waals surface area contributed by atoms with Crippen molar-refractivity contribution >= 4 is 28.1 Å². The van der Waals surface area contributed by atoms with Gasteiger partial charge in [0.15, 0.2) is 0 Å². The molecule has 0 spiro atoms. The highest BCUT2D eigenvalue weighted by molar-refractivity contribution is 8.25. The van der Waals surface area contributed by atoms with Gasteiger partial charge in [0.1, 0.15) is 0 Å². The van der Waals surface area contributed by atoms with E-state index < -0.39 is 22.9 Å². The van der Waals surface area contributed by atoms with E-state index in [9.17, 15) is 19.0 Å². The van der Waals surface area contributed by atoms with Crippen LogP contribution in [0.4, 0.5) is 11.4 Å². The number of nitrogens with zero attached hydrogens (tertiary/aromatic N) is 1. The average molecular weight is 491 g/mol. The first-order chi connectivity index (χ1) is 16.3. The topological polar surface area (TPSA) is 117 Å². The van der Waals surface area contributed by atoms with Gasteiger partial charge in [-0.3, -0.25) is 18.2 Å². The molecule has 1 saturated heterocycles. The van der Waals surface area contributed by atoms with Crippen molar-refractivity contribution in [3.63, 3.8) is 0 Å². The lowest BCUT2D eigenvalue weighted by Crippen LogP contribution is -2.48. The minimum atomic E-state index is -2.91. The van der Waals surface area contributed by atoms with Crippen LogP contribution in [0.15, 0.2) is 48.5 Å². The first-order valence-corrected chi connectivity index (χ1v) is 13.7. The highest BCUT2D eigenvalue weighted by Crippen LogP contribution is 2.50. The number of aliphatic hydroxyl groups is 1. The maximum atomic E-state index is 13.4. The summed E-state index contributed by atoms with van der Waals surface area (Å²) < 4.78 is 22.8. The standard InChI is InChI=1S/C25H38N4O4S/c1-3-26-18-24(30)23(14-19-10-6-5-7-11-19)28-25(31)20-15-21(27-4-2)17-22(16-20)29-12-8-9-13-34(29,32)33/h5-7,10-11,15-17,23-24,26-27,30,32-33H,3-4,8-9,12-14,18H2,1-2H3,(H,28,31)/t23-,24-/m0/s1. The van der Waals surface area contributed by atoms with E-state index in [4.69, 9.17) is 0 Å². The zero-order valence-electron chi connectivity index (χ0n) is 20.0. The lowest BCUT2D eigenvalue weighted by molar-refractivity contribution is 0.0832. The average Bonchev–Trinajstić information content (AvgIpc) is 2.82. The van der Waals surface area contributed by atoms with E-state index in [0.717, 1.165) is 30.6 Å². The summed E-state index contributed by atoms with van der Waals surface area (Å²) in [7, 11) is -2.91. The highest BCUT2D eigenvalue weighted by atomic mass is 32.3. The van der Waals surface area contributed by atoms with Crippen LogP contribution in [0.2, 0.25) is 0 Å². The number of carbonyl (C=O) groups is 1. The van der Waals surface area contributed by atoms with E-state index in [1.54, 1.807) is 16.4 Å². The zero-order valence-corrected chi connectivity index (χ0v) is 20.9. The maximum Gasteiger partial charge on any atom is 0.251 e. The van der Waals surface area contributed by atoms with Crippen LogP contribution in [-0.4, -0.2) is 64.2 Å². The molecule has 0 unspecified atom stereocenters. The summed E-state index contributed by atoms with van der Waals surface area (Å²) in [6, 6.07) is 14.6. The number of hydrogen-bond donors (Lipinski definition) is 6. The van der Waals surface area contributed by atoms with E-state index in [-0.39, 0.29) is 5.91 Å². The highest BCUT2D eigenvalue weighted by Gasteiger charge is 2.28. The third-order valence-corrected chi connectivity index (χ3v) is 7.85. The van der Waals surface area contributed by atoms with Crippen molar-refractivity contribution in [1.29, 1.82) is 0 Å². The molecular weight excluding hydrogens is 452 g/mol. The largest absolute Gasteiger partial charge is 0.390 e. The van der Waals surface area contributed by atoms with Crippen LogP contribution in [0, 0.1) is 0 Å². The summed E-state index contributed by atoms with van der Waals surface area (Å²) in [6.45, 7) is 6.21. The van der Waals surface area contributed by atoms with Gasteiger partial charge in [-0.1, -0.05) is 37.3 Å². The van der Waals surface area contributed by atoms with E-state index in [1.165, 1.54) is 0 Å². The summed E-state index contributed by atoms with van der Waals surface area (Å²) in [5, 5.41) is 20.2. The summed E-state index contributed by atoms with van der Waals surface area (Å²) in [5.41, 5.74) is 2.77. The number of carbonyl (C=O) groups excluding carboxylic acids is 1. The Bertz CT molecular complexity index is 928. The molecule has 0 bridgehead atoms. The minimum absolute atomic E-state index is 0.314. The number of aliphatic hydroxyl groups excluding tert-OH is 1. The number of likely N-dealkylation sites (N-methyl/N-ethyl adjacent to an activating group) is 1. The Morgan fingerprint density at radius 2 is 1.85 bits per heavy atom. The molecule has 3 rings (SSSR count). The summed E-state index contributed by atoms with van der Waals surface area (Å²) in [4.78, 5) is 13.4. The molecule has 6 N–H and O–H groups in total. The molecule has 1 aliphatic heterocycles. The second kappa shape index (κ2) is 12.4. The molecule has 1 aliphatic rings. The molecule has 9 heteroatoms. The van der Waals surface area contributed by atoms with Crippen molar-refractivity contribution in [1.82, 2.24) is 10.6 Å². The molecule has 34 heavy (non-hydrogen) atoms. The third kappa shape index (κ3) is 7.10. The molecule has 1 heterocycles. The van der Waals surface area contributed by atoms with Crippen molar-refractivity contribution in [2.24, 2.45) is 0 Å². The van der Waals surface area contributed by atoms with Crippen LogP contribution >= 0.6 is 10.8 Å².